The first kappa shape index (κ1) is 15.4. The highest BCUT2D eigenvalue weighted by atomic mass is 32.2. The van der Waals surface area contributed by atoms with E-state index in [1.165, 1.54) is 6.26 Å². The van der Waals surface area contributed by atoms with Gasteiger partial charge < -0.3 is 11.1 Å². The van der Waals surface area contributed by atoms with Gasteiger partial charge in [-0.15, -0.1) is 0 Å². The van der Waals surface area contributed by atoms with E-state index in [9.17, 15) is 13.2 Å². The third kappa shape index (κ3) is 4.24. The second-order valence-electron chi connectivity index (χ2n) is 5.61. The molecule has 6 heteroatoms. The minimum Gasteiger partial charge on any atom is -0.368 e. The monoisotopic (exact) mass is 276 g/mol. The normalized spacial score (nSPS) is 27.1. The molecule has 0 aromatic rings. The average Bonchev–Trinajstić information content (AvgIpc) is 2.24. The van der Waals surface area contributed by atoms with Crippen molar-refractivity contribution in [3.05, 3.63) is 0 Å². The summed E-state index contributed by atoms with van der Waals surface area (Å²) in [7, 11) is -2.99. The Morgan fingerprint density at radius 3 is 2.39 bits per heavy atom. The second-order valence-corrected chi connectivity index (χ2v) is 7.93. The van der Waals surface area contributed by atoms with Crippen molar-refractivity contribution in [2.75, 3.05) is 6.26 Å². The number of sulfone groups is 1. The van der Waals surface area contributed by atoms with Gasteiger partial charge in [0.25, 0.3) is 0 Å². The van der Waals surface area contributed by atoms with Crippen LogP contribution in [-0.2, 0) is 14.6 Å². The fourth-order valence-corrected chi connectivity index (χ4v) is 3.72. The van der Waals surface area contributed by atoms with Crippen LogP contribution >= 0.6 is 0 Å². The predicted molar refractivity (Wildman–Crippen MR) is 71.8 cm³/mol. The molecule has 1 fully saturated rings. The maximum absolute atomic E-state index is 11.6. The molecule has 0 bridgehead atoms. The number of carbonyl (C=O) groups is 1. The molecule has 0 saturated heterocycles. The molecular weight excluding hydrogens is 252 g/mol. The molecule has 3 N–H and O–H groups in total. The van der Waals surface area contributed by atoms with Crippen LogP contribution in [0.3, 0.4) is 0 Å². The van der Waals surface area contributed by atoms with Gasteiger partial charge in [-0.25, -0.2) is 8.42 Å². The summed E-state index contributed by atoms with van der Waals surface area (Å²) in [5.41, 5.74) is 5.36. The molecular formula is C12H24N2O3S. The molecule has 1 saturated carbocycles. The van der Waals surface area contributed by atoms with Crippen molar-refractivity contribution in [3.8, 4) is 0 Å². The van der Waals surface area contributed by atoms with Gasteiger partial charge in [0.2, 0.25) is 5.91 Å². The number of nitrogens with two attached hydrogens (primary N) is 1. The molecule has 0 aromatic carbocycles. The van der Waals surface area contributed by atoms with Crippen LogP contribution in [0.2, 0.25) is 0 Å². The lowest BCUT2D eigenvalue weighted by Crippen LogP contribution is -2.51. The number of nitrogens with one attached hydrogen (secondary N) is 1. The Bertz CT molecular complexity index is 392. The quantitative estimate of drug-likeness (QED) is 0.762. The molecule has 0 radical (unpaired) electrons. The third-order valence-corrected chi connectivity index (χ3v) is 5.26. The average molecular weight is 276 g/mol. The van der Waals surface area contributed by atoms with Crippen molar-refractivity contribution < 1.29 is 13.2 Å². The van der Waals surface area contributed by atoms with Crippen molar-refractivity contribution in [1.29, 1.82) is 0 Å². The molecule has 3 unspecified atom stereocenters. The lowest BCUT2D eigenvalue weighted by atomic mass is 9.92. The third-order valence-electron chi connectivity index (χ3n) is 3.62. The summed E-state index contributed by atoms with van der Waals surface area (Å²) in [6, 6.07) is -0.313. The van der Waals surface area contributed by atoms with Crippen molar-refractivity contribution in [1.82, 2.24) is 5.32 Å². The summed E-state index contributed by atoms with van der Waals surface area (Å²) in [4.78, 5) is 11.3. The van der Waals surface area contributed by atoms with E-state index < -0.39 is 9.84 Å². The first-order valence-electron chi connectivity index (χ1n) is 6.46. The van der Waals surface area contributed by atoms with Gasteiger partial charge in [-0.2, -0.15) is 0 Å². The zero-order chi connectivity index (χ0) is 13.9. The van der Waals surface area contributed by atoms with Gasteiger partial charge in [0.05, 0.1) is 11.3 Å². The fraction of sp³-hybridized carbons (Fsp3) is 0.917. The van der Waals surface area contributed by atoms with E-state index >= 15 is 0 Å². The van der Waals surface area contributed by atoms with Gasteiger partial charge in [0.15, 0.2) is 0 Å². The summed E-state index contributed by atoms with van der Waals surface area (Å²) in [6.45, 7) is 3.86. The molecule has 1 aliphatic rings. The zero-order valence-corrected chi connectivity index (χ0v) is 12.2. The highest BCUT2D eigenvalue weighted by Crippen LogP contribution is 2.24. The van der Waals surface area contributed by atoms with Gasteiger partial charge >= 0.3 is 0 Å². The smallest absolute Gasteiger partial charge is 0.234 e. The molecule has 5 nitrogen and oxygen atoms in total. The number of rotatable bonds is 5. The van der Waals surface area contributed by atoms with Crippen molar-refractivity contribution in [2.24, 2.45) is 11.7 Å². The second kappa shape index (κ2) is 6.02. The molecule has 1 rings (SSSR count). The number of hydrogen-bond acceptors (Lipinski definition) is 4. The lowest BCUT2D eigenvalue weighted by molar-refractivity contribution is -0.121. The first-order chi connectivity index (χ1) is 8.21. The number of hydrogen-bond donors (Lipinski definition) is 2. The van der Waals surface area contributed by atoms with Crippen LogP contribution < -0.4 is 11.1 Å². The molecule has 0 aromatic heterocycles. The minimum atomic E-state index is -2.99. The van der Waals surface area contributed by atoms with E-state index in [4.69, 9.17) is 5.73 Å². The number of primary amides is 1. The van der Waals surface area contributed by atoms with E-state index in [-0.39, 0.29) is 29.2 Å². The van der Waals surface area contributed by atoms with Crippen LogP contribution in [-0.4, -0.2) is 37.9 Å². The maximum Gasteiger partial charge on any atom is 0.234 e. The Balaban J connectivity index is 2.65. The Labute approximate surface area is 109 Å². The van der Waals surface area contributed by atoms with Gasteiger partial charge in [-0.3, -0.25) is 4.79 Å². The van der Waals surface area contributed by atoms with E-state index in [0.29, 0.717) is 6.42 Å². The van der Waals surface area contributed by atoms with Gasteiger partial charge in [-0.05, 0) is 25.2 Å². The van der Waals surface area contributed by atoms with Gasteiger partial charge in [0, 0.05) is 12.3 Å². The zero-order valence-electron chi connectivity index (χ0n) is 11.3. The molecule has 18 heavy (non-hydrogen) atoms. The molecule has 0 spiro atoms. The van der Waals surface area contributed by atoms with Crippen LogP contribution in [0.1, 0.15) is 39.5 Å². The van der Waals surface area contributed by atoms with E-state index in [1.807, 2.05) is 13.8 Å². The van der Waals surface area contributed by atoms with Crippen LogP contribution in [0.5, 0.6) is 0 Å². The Morgan fingerprint density at radius 2 is 1.94 bits per heavy atom. The molecule has 3 atom stereocenters. The summed E-state index contributed by atoms with van der Waals surface area (Å²) in [5.74, 6) is -0.257. The molecule has 106 valence electrons. The summed E-state index contributed by atoms with van der Waals surface area (Å²) in [6.07, 6.45) is 4.37. The van der Waals surface area contributed by atoms with Crippen molar-refractivity contribution in [2.45, 2.75) is 56.9 Å². The van der Waals surface area contributed by atoms with Crippen LogP contribution in [0.25, 0.3) is 0 Å². The standard InChI is InChI=1S/C12H24N2O3S/c1-8(2)11(12(13)15)14-9-5-4-6-10(7-9)18(3,16)17/h8-11,14H,4-7H2,1-3H3,(H2,13,15). The molecule has 1 amide bonds. The van der Waals surface area contributed by atoms with Gasteiger partial charge in [-0.1, -0.05) is 20.3 Å². The highest BCUT2D eigenvalue weighted by molar-refractivity contribution is 7.91. The van der Waals surface area contributed by atoms with Crippen molar-refractivity contribution in [3.63, 3.8) is 0 Å². The summed E-state index contributed by atoms with van der Waals surface area (Å²) < 4.78 is 23.1. The van der Waals surface area contributed by atoms with E-state index in [1.54, 1.807) is 0 Å². The van der Waals surface area contributed by atoms with E-state index in [0.717, 1.165) is 19.3 Å². The SMILES string of the molecule is CC(C)C(NC1CCCC(S(C)(=O)=O)C1)C(N)=O. The maximum atomic E-state index is 11.6. The summed E-state index contributed by atoms with van der Waals surface area (Å²) in [5, 5.41) is 2.93. The lowest BCUT2D eigenvalue weighted by Gasteiger charge is -2.32. The van der Waals surface area contributed by atoms with Gasteiger partial charge in [0.1, 0.15) is 9.84 Å². The number of carbonyl (C=O) groups excluding carboxylic acids is 1. The highest BCUT2D eigenvalue weighted by Gasteiger charge is 2.31. The topological polar surface area (TPSA) is 89.3 Å². The first-order valence-corrected chi connectivity index (χ1v) is 8.41. The minimum absolute atomic E-state index is 0.0679. The fourth-order valence-electron chi connectivity index (χ4n) is 2.54. The predicted octanol–water partition coefficient (Wildman–Crippen LogP) is 0.442. The van der Waals surface area contributed by atoms with Crippen LogP contribution in [0, 0.1) is 5.92 Å². The van der Waals surface area contributed by atoms with Crippen LogP contribution in [0.15, 0.2) is 0 Å². The molecule has 0 aliphatic heterocycles. The Hall–Kier alpha value is -0.620. The molecule has 1 aliphatic carbocycles. The molecule has 0 heterocycles. The largest absolute Gasteiger partial charge is 0.368 e. The summed E-state index contributed by atoms with van der Waals surface area (Å²) >= 11 is 0. The van der Waals surface area contributed by atoms with Crippen LogP contribution in [0.4, 0.5) is 0 Å². The Kier molecular flexibility index (Phi) is 5.16. The number of amides is 1. The van der Waals surface area contributed by atoms with E-state index in [2.05, 4.69) is 5.32 Å². The Morgan fingerprint density at radius 1 is 1.33 bits per heavy atom. The van der Waals surface area contributed by atoms with Crippen molar-refractivity contribution >= 4 is 15.7 Å².